The Bertz CT molecular complexity index is 1050. The summed E-state index contributed by atoms with van der Waals surface area (Å²) in [5, 5.41) is 13.7. The Kier molecular flexibility index (Phi) is 6.77. The van der Waals surface area contributed by atoms with Gasteiger partial charge in [0.1, 0.15) is 5.69 Å². The van der Waals surface area contributed by atoms with E-state index in [9.17, 15) is 28.1 Å². The summed E-state index contributed by atoms with van der Waals surface area (Å²) in [5.74, 6) is 0. The number of hydrogen-bond acceptors (Lipinski definition) is 6. The molecule has 0 saturated carbocycles. The maximum absolute atomic E-state index is 13.8. The van der Waals surface area contributed by atoms with Crippen LogP contribution in [0.4, 0.5) is 40.7 Å². The van der Waals surface area contributed by atoms with Gasteiger partial charge < -0.3 is 24.8 Å². The molecule has 182 valence electrons. The molecule has 2 aromatic rings. The molecule has 4 rings (SSSR count). The van der Waals surface area contributed by atoms with Crippen LogP contribution >= 0.6 is 0 Å². The number of hydrogen-bond donors (Lipinski definition) is 1. The van der Waals surface area contributed by atoms with Gasteiger partial charge >= 0.3 is 12.2 Å². The number of nitrogens with zero attached hydrogens (tertiary/aromatic N) is 4. The number of benzene rings is 2. The molecule has 0 bridgehead atoms. The summed E-state index contributed by atoms with van der Waals surface area (Å²) >= 11 is 0. The number of urea groups is 1. The summed E-state index contributed by atoms with van der Waals surface area (Å²) in [6.07, 6.45) is -4.64. The first-order chi connectivity index (χ1) is 16.2. The molecular weight excluding hydrogens is 455 g/mol. The number of nitro groups is 1. The number of alkyl halides is 3. The summed E-state index contributed by atoms with van der Waals surface area (Å²) < 4.78 is 46.5. The van der Waals surface area contributed by atoms with Crippen molar-refractivity contribution >= 4 is 28.8 Å². The molecule has 1 N–H and O–H groups in total. The summed E-state index contributed by atoms with van der Waals surface area (Å²) in [6.45, 7) is 2.94. The van der Waals surface area contributed by atoms with Crippen LogP contribution in [-0.2, 0) is 10.9 Å². The average molecular weight is 479 g/mol. The van der Waals surface area contributed by atoms with Crippen LogP contribution in [0.2, 0.25) is 0 Å². The quantitative estimate of drug-likeness (QED) is 0.530. The topological polar surface area (TPSA) is 91.2 Å². The zero-order valence-electron chi connectivity index (χ0n) is 18.3. The van der Waals surface area contributed by atoms with Crippen molar-refractivity contribution in [2.75, 3.05) is 67.6 Å². The predicted octanol–water partition coefficient (Wildman–Crippen LogP) is 3.80. The second-order valence-corrected chi connectivity index (χ2v) is 7.98. The monoisotopic (exact) mass is 479 g/mol. The summed E-state index contributed by atoms with van der Waals surface area (Å²) in [7, 11) is 0. The van der Waals surface area contributed by atoms with Crippen LogP contribution in [0.3, 0.4) is 0 Å². The van der Waals surface area contributed by atoms with E-state index in [1.165, 1.54) is 17.0 Å². The number of amides is 2. The van der Waals surface area contributed by atoms with Gasteiger partial charge in [-0.3, -0.25) is 10.1 Å². The molecule has 2 amide bonds. The third-order valence-corrected chi connectivity index (χ3v) is 5.91. The van der Waals surface area contributed by atoms with Gasteiger partial charge in [-0.1, -0.05) is 12.1 Å². The van der Waals surface area contributed by atoms with Crippen LogP contribution in [0.25, 0.3) is 0 Å². The lowest BCUT2D eigenvalue weighted by Gasteiger charge is -2.36. The Morgan fingerprint density at radius 2 is 1.65 bits per heavy atom. The minimum atomic E-state index is -4.64. The second-order valence-electron chi connectivity index (χ2n) is 7.98. The molecule has 9 nitrogen and oxygen atoms in total. The Morgan fingerprint density at radius 3 is 2.29 bits per heavy atom. The summed E-state index contributed by atoms with van der Waals surface area (Å²) in [5.41, 5.74) is -0.382. The molecule has 12 heteroatoms. The normalized spacial score (nSPS) is 17.0. The maximum Gasteiger partial charge on any atom is 0.418 e. The number of carbonyl (C=O) groups is 1. The van der Waals surface area contributed by atoms with Gasteiger partial charge in [-0.25, -0.2) is 4.79 Å². The molecule has 2 saturated heterocycles. The summed E-state index contributed by atoms with van der Waals surface area (Å²) in [4.78, 5) is 28.6. The molecule has 2 fully saturated rings. The molecule has 2 heterocycles. The standard InChI is InChI=1S/C22H24F3N5O4/c23-22(24,25)17-15-16(27-11-13-34-14-12-27)5-6-18(17)26-21(31)29-9-7-28(8-10-29)19-3-1-2-4-20(19)30(32)33/h1-6,15H,7-14H2,(H,26,31). The zero-order chi connectivity index (χ0) is 24.3. The van der Waals surface area contributed by atoms with Crippen molar-refractivity contribution in [1.29, 1.82) is 0 Å². The Morgan fingerprint density at radius 1 is 0.971 bits per heavy atom. The van der Waals surface area contributed by atoms with Gasteiger partial charge in [-0.2, -0.15) is 13.2 Å². The van der Waals surface area contributed by atoms with E-state index < -0.39 is 22.7 Å². The third-order valence-electron chi connectivity index (χ3n) is 5.91. The molecule has 2 aliphatic rings. The van der Waals surface area contributed by atoms with E-state index in [4.69, 9.17) is 4.74 Å². The van der Waals surface area contributed by atoms with Crippen molar-refractivity contribution in [3.63, 3.8) is 0 Å². The van der Waals surface area contributed by atoms with Crippen molar-refractivity contribution in [3.8, 4) is 0 Å². The number of nitrogens with one attached hydrogen (secondary N) is 1. The fraction of sp³-hybridized carbons (Fsp3) is 0.409. The van der Waals surface area contributed by atoms with Crippen LogP contribution in [0.15, 0.2) is 42.5 Å². The van der Waals surface area contributed by atoms with Crippen molar-refractivity contribution < 1.29 is 27.6 Å². The number of ether oxygens (including phenoxy) is 1. The van der Waals surface area contributed by atoms with E-state index >= 15 is 0 Å². The van der Waals surface area contributed by atoms with Crippen molar-refractivity contribution in [3.05, 3.63) is 58.1 Å². The SMILES string of the molecule is O=C(Nc1ccc(N2CCOCC2)cc1C(F)(F)F)N1CCN(c2ccccc2[N+](=O)[O-])CC1. The second kappa shape index (κ2) is 9.75. The average Bonchev–Trinajstić information content (AvgIpc) is 2.84. The molecule has 0 atom stereocenters. The van der Waals surface area contributed by atoms with E-state index in [0.717, 1.165) is 6.07 Å². The smallest absolute Gasteiger partial charge is 0.378 e. The first-order valence-corrected chi connectivity index (χ1v) is 10.8. The van der Waals surface area contributed by atoms with Crippen LogP contribution in [0, 0.1) is 10.1 Å². The number of halogens is 3. The number of para-hydroxylation sites is 2. The van der Waals surface area contributed by atoms with Crippen LogP contribution in [-0.4, -0.2) is 68.3 Å². The highest BCUT2D eigenvalue weighted by molar-refractivity contribution is 5.91. The van der Waals surface area contributed by atoms with Crippen LogP contribution in [0.5, 0.6) is 0 Å². The number of rotatable bonds is 4. The van der Waals surface area contributed by atoms with Gasteiger partial charge in [-0.05, 0) is 24.3 Å². The van der Waals surface area contributed by atoms with E-state index in [1.54, 1.807) is 29.2 Å². The lowest BCUT2D eigenvalue weighted by atomic mass is 10.1. The van der Waals surface area contributed by atoms with Gasteiger partial charge in [0.25, 0.3) is 5.69 Å². The Labute approximate surface area is 193 Å². The number of anilines is 3. The van der Waals surface area contributed by atoms with E-state index in [1.807, 2.05) is 4.90 Å². The largest absolute Gasteiger partial charge is 0.418 e. The Balaban J connectivity index is 1.44. The predicted molar refractivity (Wildman–Crippen MR) is 120 cm³/mol. The van der Waals surface area contributed by atoms with E-state index in [0.29, 0.717) is 50.8 Å². The van der Waals surface area contributed by atoms with Gasteiger partial charge in [0, 0.05) is 51.0 Å². The molecule has 0 aliphatic carbocycles. The van der Waals surface area contributed by atoms with E-state index in [-0.39, 0.29) is 24.5 Å². The van der Waals surface area contributed by atoms with Crippen molar-refractivity contribution in [2.24, 2.45) is 0 Å². The third kappa shape index (κ3) is 5.16. The molecule has 2 aromatic carbocycles. The number of piperazine rings is 1. The van der Waals surface area contributed by atoms with Gasteiger partial charge in [0.05, 0.1) is 29.4 Å². The van der Waals surface area contributed by atoms with E-state index in [2.05, 4.69) is 5.32 Å². The van der Waals surface area contributed by atoms with Gasteiger partial charge in [0.2, 0.25) is 0 Å². The molecule has 2 aliphatic heterocycles. The maximum atomic E-state index is 13.8. The molecule has 0 unspecified atom stereocenters. The lowest BCUT2D eigenvalue weighted by Crippen LogP contribution is -2.50. The highest BCUT2D eigenvalue weighted by Crippen LogP contribution is 2.38. The molecular formula is C22H24F3N5O4. The first-order valence-electron chi connectivity index (χ1n) is 10.8. The number of nitro benzene ring substituents is 1. The molecule has 0 aromatic heterocycles. The molecule has 0 radical (unpaired) electrons. The lowest BCUT2D eigenvalue weighted by molar-refractivity contribution is -0.384. The zero-order valence-corrected chi connectivity index (χ0v) is 18.3. The minimum Gasteiger partial charge on any atom is -0.378 e. The van der Waals surface area contributed by atoms with Crippen molar-refractivity contribution in [2.45, 2.75) is 6.18 Å². The van der Waals surface area contributed by atoms with Crippen LogP contribution < -0.4 is 15.1 Å². The van der Waals surface area contributed by atoms with Gasteiger partial charge in [-0.15, -0.1) is 0 Å². The van der Waals surface area contributed by atoms with Crippen LogP contribution in [0.1, 0.15) is 5.56 Å². The van der Waals surface area contributed by atoms with Crippen molar-refractivity contribution in [1.82, 2.24) is 4.90 Å². The number of carbonyl (C=O) groups excluding carboxylic acids is 1. The minimum absolute atomic E-state index is 0.0319. The van der Waals surface area contributed by atoms with Gasteiger partial charge in [0.15, 0.2) is 0 Å². The fourth-order valence-corrected chi connectivity index (χ4v) is 4.12. The highest BCUT2D eigenvalue weighted by Gasteiger charge is 2.35. The molecule has 34 heavy (non-hydrogen) atoms. The summed E-state index contributed by atoms with van der Waals surface area (Å²) in [6, 6.07) is 9.55. The first kappa shape index (κ1) is 23.6. The fourth-order valence-electron chi connectivity index (χ4n) is 4.12. The highest BCUT2D eigenvalue weighted by atomic mass is 19.4. The number of morpholine rings is 1. The Hall–Kier alpha value is -3.54. The molecule has 0 spiro atoms.